The zero-order chi connectivity index (χ0) is 16.2. The molecule has 1 rings (SSSR count). The lowest BCUT2D eigenvalue weighted by molar-refractivity contribution is -0.148. The van der Waals surface area contributed by atoms with Crippen LogP contribution in [0.25, 0.3) is 0 Å². The molecule has 1 aliphatic rings. The van der Waals surface area contributed by atoms with E-state index in [1.165, 1.54) is 6.92 Å². The van der Waals surface area contributed by atoms with E-state index in [1.807, 2.05) is 0 Å². The first-order chi connectivity index (χ1) is 9.63. The molecule has 0 aromatic heterocycles. The van der Waals surface area contributed by atoms with Gasteiger partial charge in [-0.1, -0.05) is 0 Å². The van der Waals surface area contributed by atoms with Crippen molar-refractivity contribution in [1.82, 2.24) is 10.2 Å². The van der Waals surface area contributed by atoms with E-state index in [1.54, 1.807) is 13.8 Å². The third kappa shape index (κ3) is 4.82. The van der Waals surface area contributed by atoms with Crippen molar-refractivity contribution in [2.75, 3.05) is 13.2 Å². The standard InChI is InChI=1S/C13H20N2O6/c1-8(16)4-5-10(18)21-7-9(17)6-15-11(19)13(2,3)14-12(15)20/h9,17H,4-7H2,1-3H3,(H,14,20). The minimum atomic E-state index is -1.17. The highest BCUT2D eigenvalue weighted by Gasteiger charge is 2.44. The van der Waals surface area contributed by atoms with Crippen molar-refractivity contribution in [2.24, 2.45) is 0 Å². The quantitative estimate of drug-likeness (QED) is 0.488. The fraction of sp³-hybridized carbons (Fsp3) is 0.692. The molecule has 0 saturated carbocycles. The Balaban J connectivity index is 2.39. The number of hydrogen-bond donors (Lipinski definition) is 2. The van der Waals surface area contributed by atoms with Crippen LogP contribution in [0.4, 0.5) is 4.79 Å². The number of urea groups is 1. The van der Waals surface area contributed by atoms with E-state index in [4.69, 9.17) is 4.74 Å². The summed E-state index contributed by atoms with van der Waals surface area (Å²) in [6.45, 7) is 3.88. The van der Waals surface area contributed by atoms with Gasteiger partial charge >= 0.3 is 12.0 Å². The molecule has 118 valence electrons. The van der Waals surface area contributed by atoms with Gasteiger partial charge in [0.15, 0.2) is 0 Å². The van der Waals surface area contributed by atoms with E-state index in [0.717, 1.165) is 4.90 Å². The van der Waals surface area contributed by atoms with Gasteiger partial charge in [-0.2, -0.15) is 0 Å². The smallest absolute Gasteiger partial charge is 0.325 e. The zero-order valence-corrected chi connectivity index (χ0v) is 12.3. The fourth-order valence-electron chi connectivity index (χ4n) is 1.79. The van der Waals surface area contributed by atoms with Crippen LogP contribution in [-0.2, 0) is 19.1 Å². The molecule has 0 bridgehead atoms. The molecule has 1 saturated heterocycles. The monoisotopic (exact) mass is 300 g/mol. The summed E-state index contributed by atoms with van der Waals surface area (Å²) in [5, 5.41) is 12.2. The maximum absolute atomic E-state index is 11.9. The van der Waals surface area contributed by atoms with Crippen molar-refractivity contribution in [3.8, 4) is 0 Å². The Hall–Kier alpha value is -1.96. The molecule has 1 aliphatic heterocycles. The van der Waals surface area contributed by atoms with Gasteiger partial charge in [-0.25, -0.2) is 4.79 Å². The molecule has 2 N–H and O–H groups in total. The summed E-state index contributed by atoms with van der Waals surface area (Å²) >= 11 is 0. The minimum Gasteiger partial charge on any atom is -0.463 e. The van der Waals surface area contributed by atoms with E-state index in [0.29, 0.717) is 0 Å². The Morgan fingerprint density at radius 1 is 1.33 bits per heavy atom. The van der Waals surface area contributed by atoms with E-state index < -0.39 is 29.6 Å². The van der Waals surface area contributed by atoms with Gasteiger partial charge < -0.3 is 20.0 Å². The summed E-state index contributed by atoms with van der Waals surface area (Å²) < 4.78 is 4.78. The van der Waals surface area contributed by atoms with Gasteiger partial charge in [0.1, 0.15) is 24.0 Å². The molecule has 0 aliphatic carbocycles. The Bertz CT molecular complexity index is 460. The van der Waals surface area contributed by atoms with Gasteiger partial charge in [-0.15, -0.1) is 0 Å². The summed E-state index contributed by atoms with van der Waals surface area (Å²) in [6, 6.07) is -0.591. The summed E-state index contributed by atoms with van der Waals surface area (Å²) in [6.07, 6.45) is -1.15. The van der Waals surface area contributed by atoms with Crippen molar-refractivity contribution >= 4 is 23.7 Å². The molecule has 0 aromatic rings. The maximum Gasteiger partial charge on any atom is 0.325 e. The van der Waals surface area contributed by atoms with Gasteiger partial charge in [-0.05, 0) is 20.8 Å². The second kappa shape index (κ2) is 6.66. The molecule has 0 aromatic carbocycles. The predicted octanol–water partition coefficient (Wildman–Crippen LogP) is -0.410. The van der Waals surface area contributed by atoms with Crippen LogP contribution in [-0.4, -0.2) is 58.5 Å². The molecule has 1 heterocycles. The van der Waals surface area contributed by atoms with Crippen LogP contribution < -0.4 is 5.32 Å². The number of amides is 3. The SMILES string of the molecule is CC(=O)CCC(=O)OCC(O)CN1C(=O)NC(C)(C)C1=O. The molecule has 3 amide bonds. The van der Waals surface area contributed by atoms with Gasteiger partial charge in [0.05, 0.1) is 13.0 Å². The lowest BCUT2D eigenvalue weighted by atomic mass is 10.1. The summed E-state index contributed by atoms with van der Waals surface area (Å²) in [5.41, 5.74) is -1.00. The predicted molar refractivity (Wildman–Crippen MR) is 71.2 cm³/mol. The highest BCUT2D eigenvalue weighted by Crippen LogP contribution is 2.16. The summed E-state index contributed by atoms with van der Waals surface area (Å²) in [5.74, 6) is -1.19. The highest BCUT2D eigenvalue weighted by molar-refractivity contribution is 6.06. The van der Waals surface area contributed by atoms with Crippen LogP contribution in [0.1, 0.15) is 33.6 Å². The second-order valence-corrected chi connectivity index (χ2v) is 5.51. The minimum absolute atomic E-state index is 0.0573. The van der Waals surface area contributed by atoms with Crippen LogP contribution in [0.2, 0.25) is 0 Å². The number of rotatable bonds is 7. The highest BCUT2D eigenvalue weighted by atomic mass is 16.5. The number of Topliss-reactive ketones (excluding diaryl/α,β-unsaturated/α-hetero) is 1. The fourth-order valence-corrected chi connectivity index (χ4v) is 1.79. The molecule has 0 radical (unpaired) electrons. The lowest BCUT2D eigenvalue weighted by Crippen LogP contribution is -2.42. The number of β-amino-alcohol motifs (C(OH)–C–C–N with tert-alkyl or cyclic N) is 1. The number of ketones is 1. The molecule has 21 heavy (non-hydrogen) atoms. The first-order valence-electron chi connectivity index (χ1n) is 6.60. The summed E-state index contributed by atoms with van der Waals surface area (Å²) in [4.78, 5) is 46.3. The van der Waals surface area contributed by atoms with E-state index in [-0.39, 0.29) is 31.8 Å². The van der Waals surface area contributed by atoms with Gasteiger partial charge in [0.2, 0.25) is 0 Å². The van der Waals surface area contributed by atoms with Gasteiger partial charge in [-0.3, -0.25) is 14.5 Å². The largest absolute Gasteiger partial charge is 0.463 e. The van der Waals surface area contributed by atoms with E-state index >= 15 is 0 Å². The number of nitrogens with zero attached hydrogens (tertiary/aromatic N) is 1. The van der Waals surface area contributed by atoms with Crippen molar-refractivity contribution in [1.29, 1.82) is 0 Å². The third-order valence-corrected chi connectivity index (χ3v) is 2.96. The maximum atomic E-state index is 11.9. The van der Waals surface area contributed by atoms with Crippen LogP contribution >= 0.6 is 0 Å². The molecule has 8 nitrogen and oxygen atoms in total. The topological polar surface area (TPSA) is 113 Å². The number of carbonyl (C=O) groups is 4. The van der Waals surface area contributed by atoms with Gasteiger partial charge in [0.25, 0.3) is 5.91 Å². The Morgan fingerprint density at radius 3 is 2.43 bits per heavy atom. The van der Waals surface area contributed by atoms with Crippen LogP contribution in [0.3, 0.4) is 0 Å². The number of ether oxygens (including phenoxy) is 1. The second-order valence-electron chi connectivity index (χ2n) is 5.51. The molecule has 1 atom stereocenters. The first-order valence-corrected chi connectivity index (χ1v) is 6.60. The lowest BCUT2D eigenvalue weighted by Gasteiger charge is -2.19. The third-order valence-electron chi connectivity index (χ3n) is 2.96. The number of nitrogens with one attached hydrogen (secondary N) is 1. The average Bonchev–Trinajstić information content (AvgIpc) is 2.56. The molecule has 1 fully saturated rings. The zero-order valence-electron chi connectivity index (χ0n) is 12.3. The number of aliphatic hydroxyl groups excluding tert-OH is 1. The van der Waals surface area contributed by atoms with Crippen molar-refractivity contribution < 1.29 is 29.0 Å². The number of hydrogen-bond acceptors (Lipinski definition) is 6. The molecule has 8 heteroatoms. The number of imide groups is 1. The first kappa shape index (κ1) is 17.1. The average molecular weight is 300 g/mol. The molecular formula is C13H20N2O6. The van der Waals surface area contributed by atoms with Gasteiger partial charge in [0, 0.05) is 6.42 Å². The van der Waals surface area contributed by atoms with Crippen LogP contribution in [0, 0.1) is 0 Å². The van der Waals surface area contributed by atoms with Crippen molar-refractivity contribution in [2.45, 2.75) is 45.3 Å². The van der Waals surface area contributed by atoms with E-state index in [9.17, 15) is 24.3 Å². The molecule has 0 spiro atoms. The number of carbonyl (C=O) groups excluding carboxylic acids is 4. The Kier molecular flexibility index (Phi) is 5.42. The number of esters is 1. The Labute approximate surface area is 122 Å². The molecular weight excluding hydrogens is 280 g/mol. The van der Waals surface area contributed by atoms with Crippen LogP contribution in [0.5, 0.6) is 0 Å². The summed E-state index contributed by atoms with van der Waals surface area (Å²) in [7, 11) is 0. The Morgan fingerprint density at radius 2 is 1.95 bits per heavy atom. The van der Waals surface area contributed by atoms with Crippen molar-refractivity contribution in [3.05, 3.63) is 0 Å². The number of aliphatic hydroxyl groups is 1. The van der Waals surface area contributed by atoms with Crippen LogP contribution in [0.15, 0.2) is 0 Å². The normalized spacial score (nSPS) is 18.4. The van der Waals surface area contributed by atoms with E-state index in [2.05, 4.69) is 5.32 Å². The van der Waals surface area contributed by atoms with Crippen molar-refractivity contribution in [3.63, 3.8) is 0 Å². The molecule has 1 unspecified atom stereocenters.